The van der Waals surface area contributed by atoms with Gasteiger partial charge < -0.3 is 4.18 Å². The predicted molar refractivity (Wildman–Crippen MR) is 56.1 cm³/mol. The third-order valence-corrected chi connectivity index (χ3v) is 2.70. The van der Waals surface area contributed by atoms with Gasteiger partial charge in [0.05, 0.1) is 0 Å². The second kappa shape index (κ2) is 4.48. The molecule has 0 heterocycles. The van der Waals surface area contributed by atoms with E-state index in [1.165, 1.54) is 18.2 Å². The van der Waals surface area contributed by atoms with Gasteiger partial charge in [0.2, 0.25) is 0 Å². The summed E-state index contributed by atoms with van der Waals surface area (Å²) in [5.41, 5.74) is 0. The maximum atomic E-state index is 11.2. The third-order valence-electron chi connectivity index (χ3n) is 1.36. The molecule has 76 valence electrons. The molecule has 0 aliphatic heterocycles. The molecule has 3 nitrogen and oxygen atoms in total. The van der Waals surface area contributed by atoms with Crippen LogP contribution >= 0.6 is 11.6 Å². The Bertz CT molecular complexity index is 408. The van der Waals surface area contributed by atoms with Crippen LogP contribution < -0.4 is 4.18 Å². The smallest absolute Gasteiger partial charge is 0.312 e. The molecular weight excluding hydrogens is 224 g/mol. The summed E-state index contributed by atoms with van der Waals surface area (Å²) in [6, 6.07) is 6.09. The van der Waals surface area contributed by atoms with E-state index in [9.17, 15) is 8.42 Å². The summed E-state index contributed by atoms with van der Waals surface area (Å²) < 4.78 is 27.1. The number of rotatable bonds is 4. The van der Waals surface area contributed by atoms with Crippen molar-refractivity contribution < 1.29 is 12.6 Å². The van der Waals surface area contributed by atoms with Gasteiger partial charge in [0.15, 0.2) is 0 Å². The molecule has 0 unspecified atom stereocenters. The van der Waals surface area contributed by atoms with Crippen LogP contribution in [0, 0.1) is 0 Å². The molecule has 1 aromatic rings. The molecule has 0 radical (unpaired) electrons. The first-order chi connectivity index (χ1) is 6.53. The molecule has 0 saturated carbocycles. The molecule has 0 spiro atoms. The van der Waals surface area contributed by atoms with E-state index < -0.39 is 10.1 Å². The van der Waals surface area contributed by atoms with E-state index in [4.69, 9.17) is 15.8 Å². The molecule has 0 fully saturated rings. The first-order valence-electron chi connectivity index (χ1n) is 3.82. The minimum Gasteiger partial charge on any atom is -0.382 e. The predicted octanol–water partition coefficient (Wildman–Crippen LogP) is 2.23. The Morgan fingerprint density at radius 2 is 1.93 bits per heavy atom. The van der Waals surface area contributed by atoms with Crippen molar-refractivity contribution in [3.63, 3.8) is 0 Å². The monoisotopic (exact) mass is 232 g/mol. The van der Waals surface area contributed by atoms with Crippen molar-refractivity contribution >= 4 is 21.7 Å². The molecule has 1 aromatic carbocycles. The number of benzene rings is 1. The first kappa shape index (κ1) is 11.1. The van der Waals surface area contributed by atoms with Crippen molar-refractivity contribution in [3.05, 3.63) is 41.9 Å². The van der Waals surface area contributed by atoms with Gasteiger partial charge in [-0.1, -0.05) is 17.7 Å². The SMILES string of the molecule is C=CCS(=O)(=O)Oc1ccc(Cl)cc1. The normalized spacial score (nSPS) is 10.9. The maximum Gasteiger partial charge on any atom is 0.312 e. The van der Waals surface area contributed by atoms with E-state index in [1.54, 1.807) is 12.1 Å². The van der Waals surface area contributed by atoms with Crippen LogP contribution in [0.25, 0.3) is 0 Å². The topological polar surface area (TPSA) is 43.4 Å². The maximum absolute atomic E-state index is 11.2. The first-order valence-corrected chi connectivity index (χ1v) is 5.77. The molecule has 1 rings (SSSR count). The van der Waals surface area contributed by atoms with Crippen molar-refractivity contribution in [1.82, 2.24) is 0 Å². The largest absolute Gasteiger partial charge is 0.382 e. The summed E-state index contributed by atoms with van der Waals surface area (Å²) >= 11 is 5.62. The fourth-order valence-corrected chi connectivity index (χ4v) is 1.70. The summed E-state index contributed by atoms with van der Waals surface area (Å²) in [5, 5.41) is 0.526. The van der Waals surface area contributed by atoms with Gasteiger partial charge in [-0.2, -0.15) is 8.42 Å². The van der Waals surface area contributed by atoms with Gasteiger partial charge in [0.1, 0.15) is 11.5 Å². The van der Waals surface area contributed by atoms with E-state index in [1.807, 2.05) is 0 Å². The number of hydrogen-bond donors (Lipinski definition) is 0. The van der Waals surface area contributed by atoms with E-state index in [0.717, 1.165) is 0 Å². The van der Waals surface area contributed by atoms with Crippen LogP contribution in [0.1, 0.15) is 0 Å². The lowest BCUT2D eigenvalue weighted by atomic mass is 10.3. The Kier molecular flexibility index (Phi) is 3.55. The van der Waals surface area contributed by atoms with Gasteiger partial charge in [-0.15, -0.1) is 6.58 Å². The lowest BCUT2D eigenvalue weighted by molar-refractivity contribution is 0.489. The fourth-order valence-electron chi connectivity index (χ4n) is 0.815. The molecule has 0 N–H and O–H groups in total. The summed E-state index contributed by atoms with van der Waals surface area (Å²) in [6.45, 7) is 3.32. The minimum absolute atomic E-state index is 0.213. The molecule has 0 amide bonds. The van der Waals surface area contributed by atoms with E-state index >= 15 is 0 Å². The minimum atomic E-state index is -3.56. The van der Waals surface area contributed by atoms with Crippen LogP contribution in [0.5, 0.6) is 5.75 Å². The molecule has 0 saturated heterocycles. The summed E-state index contributed by atoms with van der Waals surface area (Å²) in [5.74, 6) is 0.0339. The number of halogens is 1. The Labute approximate surface area is 88.1 Å². The average molecular weight is 233 g/mol. The molecule has 0 aromatic heterocycles. The highest BCUT2D eigenvalue weighted by Crippen LogP contribution is 2.17. The van der Waals surface area contributed by atoms with Gasteiger partial charge in [-0.05, 0) is 24.3 Å². The van der Waals surface area contributed by atoms with Gasteiger partial charge in [0.25, 0.3) is 0 Å². The van der Waals surface area contributed by atoms with E-state index in [-0.39, 0.29) is 11.5 Å². The van der Waals surface area contributed by atoms with Crippen LogP contribution in [0.4, 0.5) is 0 Å². The lowest BCUT2D eigenvalue weighted by Crippen LogP contribution is -2.11. The highest BCUT2D eigenvalue weighted by molar-refractivity contribution is 7.87. The van der Waals surface area contributed by atoms with Crippen LogP contribution in [0.3, 0.4) is 0 Å². The van der Waals surface area contributed by atoms with E-state index in [2.05, 4.69) is 6.58 Å². The highest BCUT2D eigenvalue weighted by Gasteiger charge is 2.09. The van der Waals surface area contributed by atoms with E-state index in [0.29, 0.717) is 5.02 Å². The molecule has 14 heavy (non-hydrogen) atoms. The van der Waals surface area contributed by atoms with Crippen molar-refractivity contribution in [3.8, 4) is 5.75 Å². The van der Waals surface area contributed by atoms with Crippen LogP contribution in [0.2, 0.25) is 5.02 Å². The Hall–Kier alpha value is -1.00. The fraction of sp³-hybridized carbons (Fsp3) is 0.111. The van der Waals surface area contributed by atoms with Crippen molar-refractivity contribution in [2.24, 2.45) is 0 Å². The van der Waals surface area contributed by atoms with Crippen LogP contribution in [-0.4, -0.2) is 14.2 Å². The van der Waals surface area contributed by atoms with Crippen molar-refractivity contribution in [2.75, 3.05) is 5.75 Å². The Morgan fingerprint density at radius 3 is 2.43 bits per heavy atom. The molecule has 5 heteroatoms. The van der Waals surface area contributed by atoms with Gasteiger partial charge in [-0.25, -0.2) is 0 Å². The standard InChI is InChI=1S/C9H9ClO3S/c1-2-7-14(11,12)13-9-5-3-8(10)4-6-9/h2-6H,1,7H2. The zero-order valence-corrected chi connectivity index (χ0v) is 8.88. The Morgan fingerprint density at radius 1 is 1.36 bits per heavy atom. The van der Waals surface area contributed by atoms with Gasteiger partial charge in [0, 0.05) is 5.02 Å². The van der Waals surface area contributed by atoms with Gasteiger partial charge in [-0.3, -0.25) is 0 Å². The summed E-state index contributed by atoms with van der Waals surface area (Å²) in [7, 11) is -3.56. The lowest BCUT2D eigenvalue weighted by Gasteiger charge is -2.04. The average Bonchev–Trinajstić information content (AvgIpc) is 2.08. The molecule has 0 aliphatic carbocycles. The second-order valence-electron chi connectivity index (χ2n) is 2.55. The van der Waals surface area contributed by atoms with Crippen molar-refractivity contribution in [2.45, 2.75) is 0 Å². The van der Waals surface area contributed by atoms with Gasteiger partial charge >= 0.3 is 10.1 Å². The summed E-state index contributed by atoms with van der Waals surface area (Å²) in [6.07, 6.45) is 1.27. The van der Waals surface area contributed by atoms with Crippen LogP contribution in [-0.2, 0) is 10.1 Å². The molecule has 0 atom stereocenters. The third kappa shape index (κ3) is 3.40. The quantitative estimate of drug-likeness (QED) is 0.591. The Balaban J connectivity index is 2.79. The second-order valence-corrected chi connectivity index (χ2v) is 4.60. The molecule has 0 aliphatic rings. The zero-order valence-electron chi connectivity index (χ0n) is 7.31. The summed E-state index contributed by atoms with van der Waals surface area (Å²) in [4.78, 5) is 0. The molecule has 0 bridgehead atoms. The number of hydrogen-bond acceptors (Lipinski definition) is 3. The van der Waals surface area contributed by atoms with Crippen molar-refractivity contribution in [1.29, 1.82) is 0 Å². The highest BCUT2D eigenvalue weighted by atomic mass is 35.5. The van der Waals surface area contributed by atoms with Crippen LogP contribution in [0.15, 0.2) is 36.9 Å². The molecular formula is C9H9ClO3S. The zero-order chi connectivity index (χ0) is 10.6.